The highest BCUT2D eigenvalue weighted by molar-refractivity contribution is 8.04. The van der Waals surface area contributed by atoms with Crippen LogP contribution in [0.25, 0.3) is 5.57 Å². The number of rotatable bonds is 5. The highest BCUT2D eigenvalue weighted by Gasteiger charge is 2.40. The highest BCUT2D eigenvalue weighted by atomic mass is 35.5. The van der Waals surface area contributed by atoms with E-state index in [9.17, 15) is 9.59 Å². The third kappa shape index (κ3) is 4.11. The molecule has 6 heteroatoms. The Morgan fingerprint density at radius 2 is 1.61 bits per heavy atom. The second-order valence-corrected chi connectivity index (χ2v) is 8.73. The molecule has 0 radical (unpaired) electrons. The smallest absolute Gasteiger partial charge is 0.272 e. The molecule has 3 aromatic carbocycles. The minimum atomic E-state index is -0.355. The lowest BCUT2D eigenvalue weighted by Crippen LogP contribution is -2.31. The summed E-state index contributed by atoms with van der Waals surface area (Å²) in [6.45, 7) is 4.01. The number of ether oxygens (including phenoxy) is 1. The van der Waals surface area contributed by atoms with Crippen molar-refractivity contribution in [2.75, 3.05) is 12.0 Å². The van der Waals surface area contributed by atoms with Crippen LogP contribution in [-0.4, -0.2) is 18.9 Å². The third-order valence-electron chi connectivity index (χ3n) is 5.18. The molecule has 1 heterocycles. The number of halogens is 1. The van der Waals surface area contributed by atoms with E-state index in [1.165, 1.54) is 16.7 Å². The van der Waals surface area contributed by atoms with Crippen LogP contribution >= 0.6 is 23.4 Å². The van der Waals surface area contributed by atoms with E-state index in [-0.39, 0.29) is 11.8 Å². The first-order valence-corrected chi connectivity index (χ1v) is 10.9. The minimum Gasteiger partial charge on any atom is -0.497 e. The molecule has 4 nitrogen and oxygen atoms in total. The van der Waals surface area contributed by atoms with Crippen LogP contribution in [0.5, 0.6) is 5.75 Å². The standard InChI is InChI=1S/C25H20ClNO3S/c1-15-7-8-17(13-16(15)2)22-23(31-21-11-9-18(26)10-12-21)25(29)27(24(22)28)19-5-4-6-20(14-19)30-3/h4-14H,1-3H3. The molecule has 0 saturated heterocycles. The van der Waals surface area contributed by atoms with E-state index in [1.807, 2.05) is 44.2 Å². The maximum atomic E-state index is 13.5. The lowest BCUT2D eigenvalue weighted by molar-refractivity contribution is -0.119. The quantitative estimate of drug-likeness (QED) is 0.445. The van der Waals surface area contributed by atoms with Crippen LogP contribution in [-0.2, 0) is 9.59 Å². The zero-order valence-electron chi connectivity index (χ0n) is 17.3. The molecule has 0 atom stereocenters. The number of carbonyl (C=O) groups excluding carboxylic acids is 2. The van der Waals surface area contributed by atoms with Crippen LogP contribution in [0.2, 0.25) is 5.02 Å². The van der Waals surface area contributed by atoms with Crippen molar-refractivity contribution in [3.63, 3.8) is 0 Å². The Morgan fingerprint density at radius 3 is 2.29 bits per heavy atom. The van der Waals surface area contributed by atoms with Gasteiger partial charge in [-0.05, 0) is 66.9 Å². The molecule has 3 aromatic rings. The molecule has 0 bridgehead atoms. The number of benzene rings is 3. The van der Waals surface area contributed by atoms with Crippen LogP contribution < -0.4 is 9.64 Å². The molecule has 2 amide bonds. The summed E-state index contributed by atoms with van der Waals surface area (Å²) in [6.07, 6.45) is 0. The number of hydrogen-bond acceptors (Lipinski definition) is 4. The van der Waals surface area contributed by atoms with Crippen LogP contribution in [0.4, 0.5) is 5.69 Å². The largest absolute Gasteiger partial charge is 0.497 e. The number of imide groups is 1. The summed E-state index contributed by atoms with van der Waals surface area (Å²) < 4.78 is 5.28. The summed E-state index contributed by atoms with van der Waals surface area (Å²) >= 11 is 7.28. The molecule has 0 saturated carbocycles. The Labute approximate surface area is 190 Å². The zero-order chi connectivity index (χ0) is 22.1. The summed E-state index contributed by atoms with van der Waals surface area (Å²) in [5.41, 5.74) is 3.78. The van der Waals surface area contributed by atoms with Gasteiger partial charge in [0.1, 0.15) is 5.75 Å². The summed E-state index contributed by atoms with van der Waals surface area (Å²) in [6, 6.07) is 20.0. The number of amides is 2. The lowest BCUT2D eigenvalue weighted by Gasteiger charge is -2.16. The van der Waals surface area contributed by atoms with E-state index in [0.29, 0.717) is 26.9 Å². The monoisotopic (exact) mass is 449 g/mol. The van der Waals surface area contributed by atoms with Crippen molar-refractivity contribution in [3.8, 4) is 5.75 Å². The minimum absolute atomic E-state index is 0.349. The normalized spacial score (nSPS) is 13.9. The predicted octanol–water partition coefficient (Wildman–Crippen LogP) is 6.04. The summed E-state index contributed by atoms with van der Waals surface area (Å²) in [5.74, 6) is -0.131. The molecule has 0 unspecified atom stereocenters. The van der Waals surface area contributed by atoms with E-state index in [2.05, 4.69) is 0 Å². The van der Waals surface area contributed by atoms with E-state index >= 15 is 0 Å². The number of aryl methyl sites for hydroxylation is 2. The van der Waals surface area contributed by atoms with Crippen LogP contribution in [0, 0.1) is 13.8 Å². The van der Waals surface area contributed by atoms with Crippen LogP contribution in [0.3, 0.4) is 0 Å². The summed E-state index contributed by atoms with van der Waals surface area (Å²) in [5, 5.41) is 0.611. The van der Waals surface area contributed by atoms with Crippen molar-refractivity contribution in [3.05, 3.63) is 93.3 Å². The van der Waals surface area contributed by atoms with Gasteiger partial charge in [-0.15, -0.1) is 0 Å². The van der Waals surface area contributed by atoms with Gasteiger partial charge in [0.2, 0.25) is 0 Å². The van der Waals surface area contributed by atoms with Crippen molar-refractivity contribution in [1.29, 1.82) is 0 Å². The second-order valence-electron chi connectivity index (χ2n) is 7.21. The molecule has 1 aliphatic heterocycles. The molecule has 31 heavy (non-hydrogen) atoms. The Hall–Kier alpha value is -3.02. The predicted molar refractivity (Wildman–Crippen MR) is 126 cm³/mol. The van der Waals surface area contributed by atoms with Crippen LogP contribution in [0.1, 0.15) is 16.7 Å². The number of anilines is 1. The average Bonchev–Trinajstić information content (AvgIpc) is 3.01. The van der Waals surface area contributed by atoms with Crippen LogP contribution in [0.15, 0.2) is 76.5 Å². The van der Waals surface area contributed by atoms with Gasteiger partial charge in [-0.25, -0.2) is 4.90 Å². The molecular weight excluding hydrogens is 430 g/mol. The lowest BCUT2D eigenvalue weighted by atomic mass is 10.0. The molecule has 0 aromatic heterocycles. The van der Waals surface area contributed by atoms with Gasteiger partial charge in [0.05, 0.1) is 23.3 Å². The fourth-order valence-corrected chi connectivity index (χ4v) is 4.48. The van der Waals surface area contributed by atoms with E-state index in [1.54, 1.807) is 43.5 Å². The first-order valence-electron chi connectivity index (χ1n) is 9.67. The fourth-order valence-electron chi connectivity index (χ4n) is 3.36. The number of nitrogens with zero attached hydrogens (tertiary/aromatic N) is 1. The zero-order valence-corrected chi connectivity index (χ0v) is 18.9. The van der Waals surface area contributed by atoms with Crippen molar-refractivity contribution in [1.82, 2.24) is 0 Å². The summed E-state index contributed by atoms with van der Waals surface area (Å²) in [7, 11) is 1.55. The van der Waals surface area contributed by atoms with E-state index in [0.717, 1.165) is 21.6 Å². The molecule has 0 N–H and O–H groups in total. The number of hydrogen-bond donors (Lipinski definition) is 0. The number of thioether (sulfide) groups is 1. The molecule has 1 aliphatic rings. The maximum Gasteiger partial charge on any atom is 0.272 e. The van der Waals surface area contributed by atoms with Crippen molar-refractivity contribution < 1.29 is 14.3 Å². The molecule has 0 fully saturated rings. The van der Waals surface area contributed by atoms with Gasteiger partial charge in [-0.3, -0.25) is 9.59 Å². The van der Waals surface area contributed by atoms with Gasteiger partial charge < -0.3 is 4.74 Å². The highest BCUT2D eigenvalue weighted by Crippen LogP contribution is 2.42. The van der Waals surface area contributed by atoms with Crippen molar-refractivity contribution in [2.24, 2.45) is 0 Å². The van der Waals surface area contributed by atoms with E-state index < -0.39 is 0 Å². The first-order chi connectivity index (χ1) is 14.9. The van der Waals surface area contributed by atoms with Gasteiger partial charge in [-0.1, -0.05) is 47.6 Å². The molecule has 0 spiro atoms. The molecule has 4 rings (SSSR count). The Balaban J connectivity index is 1.83. The summed E-state index contributed by atoms with van der Waals surface area (Å²) in [4.78, 5) is 29.5. The van der Waals surface area contributed by atoms with Gasteiger partial charge >= 0.3 is 0 Å². The van der Waals surface area contributed by atoms with Gasteiger partial charge in [0, 0.05) is 16.0 Å². The van der Waals surface area contributed by atoms with E-state index in [4.69, 9.17) is 16.3 Å². The average molecular weight is 450 g/mol. The topological polar surface area (TPSA) is 46.6 Å². The Kier molecular flexibility index (Phi) is 5.90. The SMILES string of the molecule is COc1cccc(N2C(=O)C(Sc3ccc(Cl)cc3)=C(c3ccc(C)c(C)c3)C2=O)c1. The van der Waals surface area contributed by atoms with Gasteiger partial charge in [0.15, 0.2) is 0 Å². The fraction of sp³-hybridized carbons (Fsp3) is 0.120. The molecular formula is C25H20ClNO3S. The maximum absolute atomic E-state index is 13.5. The second kappa shape index (κ2) is 8.61. The van der Waals surface area contributed by atoms with Crippen molar-refractivity contribution in [2.45, 2.75) is 18.7 Å². The Morgan fingerprint density at radius 1 is 0.871 bits per heavy atom. The molecule has 156 valence electrons. The number of methoxy groups -OCH3 is 1. The molecule has 0 aliphatic carbocycles. The van der Waals surface area contributed by atoms with Crippen molar-refractivity contribution >= 4 is 46.4 Å². The van der Waals surface area contributed by atoms with Gasteiger partial charge in [0.25, 0.3) is 11.8 Å². The Bertz CT molecular complexity index is 1220. The van der Waals surface area contributed by atoms with Gasteiger partial charge in [-0.2, -0.15) is 0 Å². The first kappa shape index (κ1) is 21.2. The third-order valence-corrected chi connectivity index (χ3v) is 6.52. The number of carbonyl (C=O) groups is 2.